The first kappa shape index (κ1) is 20.1. The molecule has 3 N–H and O–H groups in total. The van der Waals surface area contributed by atoms with Gasteiger partial charge in [0.2, 0.25) is 5.91 Å². The van der Waals surface area contributed by atoms with E-state index in [1.807, 2.05) is 6.07 Å². The van der Waals surface area contributed by atoms with Gasteiger partial charge in [-0.25, -0.2) is 4.98 Å². The van der Waals surface area contributed by atoms with Gasteiger partial charge in [0.15, 0.2) is 5.16 Å². The number of aromatic amines is 1. The van der Waals surface area contributed by atoms with Crippen LogP contribution >= 0.6 is 11.8 Å². The topological polar surface area (TPSA) is 134 Å². The number of hydrogen-bond acceptors (Lipinski definition) is 7. The van der Waals surface area contributed by atoms with Gasteiger partial charge < -0.3 is 10.4 Å². The third-order valence-corrected chi connectivity index (χ3v) is 5.29. The molecule has 1 aromatic heterocycles. The number of carbonyl (C=O) groups excluding carboxylic acids is 1. The number of rotatable bonds is 6. The number of non-ortho nitro benzene ring substituents is 1. The van der Waals surface area contributed by atoms with Crippen LogP contribution in [0.3, 0.4) is 0 Å². The second-order valence-corrected chi connectivity index (χ2v) is 7.41. The molecule has 0 atom stereocenters. The molecule has 0 radical (unpaired) electrons. The van der Waals surface area contributed by atoms with E-state index in [1.165, 1.54) is 36.3 Å². The molecule has 0 aliphatic heterocycles. The number of anilines is 1. The predicted octanol–water partition coefficient (Wildman–Crippen LogP) is 4.37. The highest BCUT2D eigenvalue weighted by Crippen LogP contribution is 2.41. The molecule has 0 spiro atoms. The maximum absolute atomic E-state index is 12.5. The van der Waals surface area contributed by atoms with Gasteiger partial charge in [-0.3, -0.25) is 20.0 Å². The van der Waals surface area contributed by atoms with Gasteiger partial charge in [0.25, 0.3) is 5.69 Å². The molecule has 3 aromatic carbocycles. The number of benzene rings is 3. The largest absolute Gasteiger partial charge is 0.506 e. The lowest BCUT2D eigenvalue weighted by Gasteiger charge is -2.12. The van der Waals surface area contributed by atoms with Crippen molar-refractivity contribution in [2.24, 2.45) is 0 Å². The molecule has 154 valence electrons. The van der Waals surface area contributed by atoms with Crippen LogP contribution in [0.15, 0.2) is 77.1 Å². The summed E-state index contributed by atoms with van der Waals surface area (Å²) in [6.45, 7) is 0. The predicted molar refractivity (Wildman–Crippen MR) is 117 cm³/mol. The summed E-state index contributed by atoms with van der Waals surface area (Å²) in [4.78, 5) is 27.3. The first-order chi connectivity index (χ1) is 15.0. The standard InChI is InChI=1S/C21H15N5O4S/c27-19(10-7-13-5-8-14(9-6-13)26(29)30)24-17-11-18(31-21-22-12-23-25-21)20(28)16-4-2-1-3-15(16)17/h1-12,28H,(H,24,27)(H,22,23,25)/b10-7+. The second kappa shape index (κ2) is 8.67. The Morgan fingerprint density at radius 3 is 2.58 bits per heavy atom. The van der Waals surface area contributed by atoms with Gasteiger partial charge >= 0.3 is 0 Å². The third kappa shape index (κ3) is 4.54. The fourth-order valence-corrected chi connectivity index (χ4v) is 3.71. The van der Waals surface area contributed by atoms with Gasteiger partial charge in [-0.05, 0) is 41.6 Å². The highest BCUT2D eigenvalue weighted by molar-refractivity contribution is 7.99. The minimum absolute atomic E-state index is 0.0195. The average molecular weight is 433 g/mol. The number of fused-ring (bicyclic) bond motifs is 1. The highest BCUT2D eigenvalue weighted by atomic mass is 32.2. The highest BCUT2D eigenvalue weighted by Gasteiger charge is 2.14. The molecule has 0 saturated heterocycles. The summed E-state index contributed by atoms with van der Waals surface area (Å²) >= 11 is 1.19. The summed E-state index contributed by atoms with van der Waals surface area (Å²) in [6.07, 6.45) is 4.27. The molecule has 31 heavy (non-hydrogen) atoms. The monoisotopic (exact) mass is 433 g/mol. The Balaban J connectivity index is 1.60. The van der Waals surface area contributed by atoms with Crippen molar-refractivity contribution in [3.8, 4) is 5.75 Å². The van der Waals surface area contributed by atoms with E-state index >= 15 is 0 Å². The van der Waals surface area contributed by atoms with Gasteiger partial charge in [-0.15, -0.1) is 0 Å². The molecule has 0 saturated carbocycles. The van der Waals surface area contributed by atoms with Crippen LogP contribution in [0, 0.1) is 10.1 Å². The van der Waals surface area contributed by atoms with Crippen LogP contribution in [0.25, 0.3) is 16.8 Å². The molecule has 10 heteroatoms. The van der Waals surface area contributed by atoms with Gasteiger partial charge in [0.1, 0.15) is 12.1 Å². The zero-order valence-corrected chi connectivity index (χ0v) is 16.7. The summed E-state index contributed by atoms with van der Waals surface area (Å²) in [5, 5.41) is 32.5. The SMILES string of the molecule is O=C(/C=C/c1ccc([N+](=O)[O-])cc1)Nc1cc(Sc2ncn[nH]2)c(O)c2ccccc12. The van der Waals surface area contributed by atoms with Crippen molar-refractivity contribution < 1.29 is 14.8 Å². The summed E-state index contributed by atoms with van der Waals surface area (Å²) in [6, 6.07) is 14.7. The minimum atomic E-state index is -0.482. The van der Waals surface area contributed by atoms with E-state index in [0.717, 1.165) is 0 Å². The third-order valence-electron chi connectivity index (χ3n) is 4.37. The van der Waals surface area contributed by atoms with E-state index in [4.69, 9.17) is 0 Å². The van der Waals surface area contributed by atoms with Crippen LogP contribution in [-0.2, 0) is 4.79 Å². The quantitative estimate of drug-likeness (QED) is 0.178. The maximum Gasteiger partial charge on any atom is 0.269 e. The van der Waals surface area contributed by atoms with Crippen molar-refractivity contribution in [1.82, 2.24) is 15.2 Å². The Hall–Kier alpha value is -4.18. The maximum atomic E-state index is 12.5. The number of aromatic nitrogens is 3. The number of carbonyl (C=O) groups is 1. The number of nitro benzene ring substituents is 1. The van der Waals surface area contributed by atoms with Crippen LogP contribution in [0.2, 0.25) is 0 Å². The van der Waals surface area contributed by atoms with Crippen LogP contribution in [0.5, 0.6) is 5.75 Å². The van der Waals surface area contributed by atoms with Gasteiger partial charge in [-0.2, -0.15) is 5.10 Å². The van der Waals surface area contributed by atoms with Crippen molar-refractivity contribution in [2.75, 3.05) is 5.32 Å². The van der Waals surface area contributed by atoms with E-state index in [0.29, 0.717) is 32.1 Å². The smallest absolute Gasteiger partial charge is 0.269 e. The number of aromatic hydroxyl groups is 1. The van der Waals surface area contributed by atoms with Crippen molar-refractivity contribution in [3.63, 3.8) is 0 Å². The molecule has 0 fully saturated rings. The Labute approximate surface area is 180 Å². The average Bonchev–Trinajstić information content (AvgIpc) is 3.29. The number of phenolic OH excluding ortho intramolecular Hbond substituents is 1. The normalized spacial score (nSPS) is 11.1. The molecular weight excluding hydrogens is 418 g/mol. The zero-order chi connectivity index (χ0) is 21.8. The number of H-pyrrole nitrogens is 1. The first-order valence-corrected chi connectivity index (χ1v) is 9.84. The van der Waals surface area contributed by atoms with Crippen LogP contribution < -0.4 is 5.32 Å². The number of nitro groups is 1. The molecular formula is C21H15N5O4S. The summed E-state index contributed by atoms with van der Waals surface area (Å²) in [5.41, 5.74) is 1.15. The fourth-order valence-electron chi connectivity index (χ4n) is 2.92. The molecule has 4 aromatic rings. The van der Waals surface area contributed by atoms with Gasteiger partial charge in [0.05, 0.1) is 15.5 Å². The Bertz CT molecular complexity index is 1290. The first-order valence-electron chi connectivity index (χ1n) is 9.03. The lowest BCUT2D eigenvalue weighted by molar-refractivity contribution is -0.384. The van der Waals surface area contributed by atoms with E-state index in [9.17, 15) is 20.0 Å². The molecule has 9 nitrogen and oxygen atoms in total. The van der Waals surface area contributed by atoms with E-state index in [-0.39, 0.29) is 17.3 Å². The Morgan fingerprint density at radius 2 is 1.90 bits per heavy atom. The zero-order valence-electron chi connectivity index (χ0n) is 15.9. The summed E-state index contributed by atoms with van der Waals surface area (Å²) in [5.74, 6) is -0.304. The number of phenols is 1. The number of amides is 1. The van der Waals surface area contributed by atoms with Crippen molar-refractivity contribution in [1.29, 1.82) is 0 Å². The summed E-state index contributed by atoms with van der Waals surface area (Å²) < 4.78 is 0. The van der Waals surface area contributed by atoms with E-state index in [1.54, 1.807) is 42.5 Å². The van der Waals surface area contributed by atoms with Crippen molar-refractivity contribution in [3.05, 3.63) is 82.7 Å². The number of nitrogens with zero attached hydrogens (tertiary/aromatic N) is 3. The summed E-state index contributed by atoms with van der Waals surface area (Å²) in [7, 11) is 0. The lowest BCUT2D eigenvalue weighted by Crippen LogP contribution is -2.08. The Morgan fingerprint density at radius 1 is 1.16 bits per heavy atom. The molecule has 0 unspecified atom stereocenters. The van der Waals surface area contributed by atoms with Crippen LogP contribution in [0.4, 0.5) is 11.4 Å². The van der Waals surface area contributed by atoms with Gasteiger partial charge in [0, 0.05) is 29.0 Å². The molecule has 1 heterocycles. The molecule has 0 bridgehead atoms. The van der Waals surface area contributed by atoms with Crippen LogP contribution in [0.1, 0.15) is 5.56 Å². The van der Waals surface area contributed by atoms with Crippen molar-refractivity contribution >= 4 is 45.9 Å². The van der Waals surface area contributed by atoms with E-state index in [2.05, 4.69) is 20.5 Å². The van der Waals surface area contributed by atoms with Crippen molar-refractivity contribution in [2.45, 2.75) is 10.1 Å². The molecule has 4 rings (SSSR count). The fraction of sp³-hybridized carbons (Fsp3) is 0. The second-order valence-electron chi connectivity index (χ2n) is 6.38. The Kier molecular flexibility index (Phi) is 5.63. The molecule has 1 amide bonds. The molecule has 0 aliphatic rings. The minimum Gasteiger partial charge on any atom is -0.506 e. The van der Waals surface area contributed by atoms with E-state index < -0.39 is 4.92 Å². The number of hydrogen-bond donors (Lipinski definition) is 3. The number of nitrogens with one attached hydrogen (secondary N) is 2. The van der Waals surface area contributed by atoms with Gasteiger partial charge in [-0.1, -0.05) is 24.3 Å². The van der Waals surface area contributed by atoms with Crippen LogP contribution in [-0.4, -0.2) is 31.1 Å². The lowest BCUT2D eigenvalue weighted by atomic mass is 10.1. The molecule has 0 aliphatic carbocycles.